The number of nitrogens with zero attached hydrogens (tertiary/aromatic N) is 3. The van der Waals surface area contributed by atoms with Crippen LogP contribution in [0.25, 0.3) is 11.1 Å². The number of benzene rings is 2. The fourth-order valence-corrected chi connectivity index (χ4v) is 5.07. The van der Waals surface area contributed by atoms with Gasteiger partial charge in [0.15, 0.2) is 0 Å². The number of pyridine rings is 1. The zero-order chi connectivity index (χ0) is 25.6. The van der Waals surface area contributed by atoms with E-state index in [0.29, 0.717) is 31.0 Å². The molecular formula is C27H26ClFN4O3. The van der Waals surface area contributed by atoms with Crippen LogP contribution >= 0.6 is 11.6 Å². The summed E-state index contributed by atoms with van der Waals surface area (Å²) in [4.78, 5) is 34.7. The highest BCUT2D eigenvalue weighted by Gasteiger charge is 2.37. The molecule has 186 valence electrons. The first-order valence-electron chi connectivity index (χ1n) is 11.7. The molecule has 0 bridgehead atoms. The highest BCUT2D eigenvalue weighted by Crippen LogP contribution is 2.41. The number of β-amino-alcohol motifs (C(OH)–C–C–N with tert-alkyl or cyclic N) is 1. The summed E-state index contributed by atoms with van der Waals surface area (Å²) in [5, 5.41) is 12.7. The van der Waals surface area contributed by atoms with Crippen molar-refractivity contribution < 1.29 is 19.1 Å². The van der Waals surface area contributed by atoms with E-state index >= 15 is 0 Å². The molecule has 0 saturated carbocycles. The molecule has 3 heterocycles. The molecule has 0 spiro atoms. The van der Waals surface area contributed by atoms with Crippen molar-refractivity contribution in [1.29, 1.82) is 0 Å². The van der Waals surface area contributed by atoms with Gasteiger partial charge in [0, 0.05) is 42.6 Å². The maximum Gasteiger partial charge on any atom is 0.244 e. The molecule has 2 N–H and O–H groups in total. The fourth-order valence-electron chi connectivity index (χ4n) is 4.95. The van der Waals surface area contributed by atoms with Gasteiger partial charge in [0.2, 0.25) is 11.8 Å². The van der Waals surface area contributed by atoms with Crippen molar-refractivity contribution in [3.8, 4) is 11.1 Å². The third kappa shape index (κ3) is 4.72. The maximum atomic E-state index is 13.9. The average molecular weight is 509 g/mol. The van der Waals surface area contributed by atoms with E-state index in [1.165, 1.54) is 17.0 Å². The number of likely N-dealkylation sites (tertiary alicyclic amines) is 1. The number of aliphatic hydroxyl groups is 1. The standard InChI is InChI=1S/C27H26ClFN4O3/c1-16-25-20(4-3-9-30-25)19-7-5-17(12-32-14-27(2,36)15-32)10-23(19)33(26(16)35)13-24(34)31-18-6-8-21(28)22(29)11-18/h3-11,16,36H,12-15H2,1-2H3,(H,31,34). The maximum absolute atomic E-state index is 13.9. The Morgan fingerprint density at radius 2 is 2.00 bits per heavy atom. The molecule has 3 aromatic rings. The first-order valence-corrected chi connectivity index (χ1v) is 12.1. The van der Waals surface area contributed by atoms with E-state index in [2.05, 4.69) is 15.2 Å². The summed E-state index contributed by atoms with van der Waals surface area (Å²) < 4.78 is 13.9. The first kappa shape index (κ1) is 24.4. The van der Waals surface area contributed by atoms with Crippen LogP contribution in [0.3, 0.4) is 0 Å². The van der Waals surface area contributed by atoms with Crippen LogP contribution in [0.5, 0.6) is 0 Å². The Bertz CT molecular complexity index is 1350. The van der Waals surface area contributed by atoms with Crippen molar-refractivity contribution in [2.75, 3.05) is 29.9 Å². The van der Waals surface area contributed by atoms with Crippen LogP contribution in [0, 0.1) is 5.82 Å². The molecule has 5 rings (SSSR count). The van der Waals surface area contributed by atoms with Gasteiger partial charge < -0.3 is 15.3 Å². The number of halogens is 2. The van der Waals surface area contributed by atoms with Crippen molar-refractivity contribution in [3.63, 3.8) is 0 Å². The van der Waals surface area contributed by atoms with Gasteiger partial charge in [-0.25, -0.2) is 4.39 Å². The second-order valence-corrected chi connectivity index (χ2v) is 10.2. The summed E-state index contributed by atoms with van der Waals surface area (Å²) in [6.07, 6.45) is 1.66. The summed E-state index contributed by atoms with van der Waals surface area (Å²) in [5.41, 5.74) is 3.43. The third-order valence-electron chi connectivity index (χ3n) is 6.57. The average Bonchev–Trinajstić information content (AvgIpc) is 2.90. The Kier molecular flexibility index (Phi) is 6.28. The Labute approximate surface area is 213 Å². The van der Waals surface area contributed by atoms with E-state index < -0.39 is 23.2 Å². The Hall–Kier alpha value is -3.33. The molecule has 9 heteroatoms. The van der Waals surface area contributed by atoms with E-state index in [1.54, 1.807) is 20.0 Å². The van der Waals surface area contributed by atoms with Crippen LogP contribution in [0.1, 0.15) is 31.0 Å². The zero-order valence-corrected chi connectivity index (χ0v) is 20.7. The largest absolute Gasteiger partial charge is 0.388 e. The summed E-state index contributed by atoms with van der Waals surface area (Å²) in [5.74, 6) is -1.93. The number of rotatable bonds is 5. The zero-order valence-electron chi connectivity index (χ0n) is 20.0. The number of aromatic nitrogens is 1. The minimum atomic E-state index is -0.688. The lowest BCUT2D eigenvalue weighted by atomic mass is 9.94. The Balaban J connectivity index is 1.48. The monoisotopic (exact) mass is 508 g/mol. The molecular weight excluding hydrogens is 483 g/mol. The highest BCUT2D eigenvalue weighted by molar-refractivity contribution is 6.30. The number of anilines is 2. The van der Waals surface area contributed by atoms with Gasteiger partial charge in [-0.15, -0.1) is 0 Å². The van der Waals surface area contributed by atoms with Crippen LogP contribution in [0.2, 0.25) is 5.02 Å². The van der Waals surface area contributed by atoms with E-state index in [4.69, 9.17) is 11.6 Å². The topological polar surface area (TPSA) is 85.8 Å². The van der Waals surface area contributed by atoms with Gasteiger partial charge in [0.1, 0.15) is 12.4 Å². The molecule has 1 aromatic heterocycles. The molecule has 2 aliphatic heterocycles. The van der Waals surface area contributed by atoms with Crippen LogP contribution in [0.4, 0.5) is 15.8 Å². The van der Waals surface area contributed by atoms with Gasteiger partial charge in [-0.3, -0.25) is 19.5 Å². The third-order valence-corrected chi connectivity index (χ3v) is 6.87. The van der Waals surface area contributed by atoms with Crippen LogP contribution in [-0.2, 0) is 16.1 Å². The summed E-state index contributed by atoms with van der Waals surface area (Å²) in [7, 11) is 0. The van der Waals surface area contributed by atoms with E-state index in [0.717, 1.165) is 22.8 Å². The Morgan fingerprint density at radius 1 is 1.22 bits per heavy atom. The van der Waals surface area contributed by atoms with E-state index in [9.17, 15) is 19.1 Å². The minimum absolute atomic E-state index is 0.0417. The molecule has 36 heavy (non-hydrogen) atoms. The molecule has 0 radical (unpaired) electrons. The summed E-state index contributed by atoms with van der Waals surface area (Å²) >= 11 is 5.74. The highest BCUT2D eigenvalue weighted by atomic mass is 35.5. The normalized spacial score (nSPS) is 18.6. The molecule has 7 nitrogen and oxygen atoms in total. The summed E-state index contributed by atoms with van der Waals surface area (Å²) in [6, 6.07) is 13.6. The minimum Gasteiger partial charge on any atom is -0.388 e. The summed E-state index contributed by atoms with van der Waals surface area (Å²) in [6.45, 7) is 5.07. The van der Waals surface area contributed by atoms with Gasteiger partial charge in [0.25, 0.3) is 0 Å². The van der Waals surface area contributed by atoms with Crippen molar-refractivity contribution in [1.82, 2.24) is 9.88 Å². The second-order valence-electron chi connectivity index (χ2n) is 9.75. The van der Waals surface area contributed by atoms with Crippen molar-refractivity contribution >= 4 is 34.8 Å². The van der Waals surface area contributed by atoms with Gasteiger partial charge in [-0.05, 0) is 49.7 Å². The number of hydrogen-bond acceptors (Lipinski definition) is 5. The lowest BCUT2D eigenvalue weighted by molar-refractivity contribution is -0.122. The second kappa shape index (κ2) is 9.28. The van der Waals surface area contributed by atoms with E-state index in [1.807, 2.05) is 30.3 Å². The molecule has 2 aromatic carbocycles. The van der Waals surface area contributed by atoms with E-state index in [-0.39, 0.29) is 23.2 Å². The number of nitrogens with one attached hydrogen (secondary N) is 1. The van der Waals surface area contributed by atoms with Gasteiger partial charge in [-0.2, -0.15) is 0 Å². The van der Waals surface area contributed by atoms with Gasteiger partial charge in [-0.1, -0.05) is 29.8 Å². The van der Waals surface area contributed by atoms with Crippen molar-refractivity contribution in [2.45, 2.75) is 31.9 Å². The smallest absolute Gasteiger partial charge is 0.244 e. The lowest BCUT2D eigenvalue weighted by Gasteiger charge is -2.44. The fraction of sp³-hybridized carbons (Fsp3) is 0.296. The number of carbonyl (C=O) groups excluding carboxylic acids is 2. The Morgan fingerprint density at radius 3 is 2.72 bits per heavy atom. The first-order chi connectivity index (χ1) is 17.1. The van der Waals surface area contributed by atoms with Crippen LogP contribution in [-0.4, -0.2) is 52.0 Å². The molecule has 1 unspecified atom stereocenters. The quantitative estimate of drug-likeness (QED) is 0.539. The molecule has 2 aliphatic rings. The lowest BCUT2D eigenvalue weighted by Crippen LogP contribution is -2.59. The van der Waals surface area contributed by atoms with Gasteiger partial charge in [0.05, 0.1) is 27.9 Å². The molecule has 1 atom stereocenters. The molecule has 1 saturated heterocycles. The number of hydrogen-bond donors (Lipinski definition) is 2. The number of amides is 2. The molecule has 1 fully saturated rings. The number of carbonyl (C=O) groups is 2. The molecule has 0 aliphatic carbocycles. The predicted octanol–water partition coefficient (Wildman–Crippen LogP) is 4.20. The molecule has 2 amide bonds. The van der Waals surface area contributed by atoms with Crippen LogP contribution < -0.4 is 10.2 Å². The SMILES string of the molecule is CC1C(=O)N(CC(=O)Nc2ccc(Cl)c(F)c2)c2cc(CN3CC(C)(O)C3)ccc2-c2cccnc21. The number of fused-ring (bicyclic) bond motifs is 3. The predicted molar refractivity (Wildman–Crippen MR) is 136 cm³/mol. The van der Waals surface area contributed by atoms with Gasteiger partial charge >= 0.3 is 0 Å². The van der Waals surface area contributed by atoms with Crippen molar-refractivity contribution in [2.24, 2.45) is 0 Å². The van der Waals surface area contributed by atoms with Crippen LogP contribution in [0.15, 0.2) is 54.7 Å². The van der Waals surface area contributed by atoms with Crippen molar-refractivity contribution in [3.05, 3.63) is 76.8 Å².